The van der Waals surface area contributed by atoms with E-state index in [0.29, 0.717) is 31.9 Å². The summed E-state index contributed by atoms with van der Waals surface area (Å²) < 4.78 is 12.8. The maximum Gasteiger partial charge on any atom is 0.347 e. The number of aromatic nitrogens is 2. The first-order chi connectivity index (χ1) is 14.5. The largest absolute Gasteiger partial charge is 0.463 e. The van der Waals surface area contributed by atoms with E-state index in [4.69, 9.17) is 9.47 Å². The number of amidine groups is 1. The number of hydrogen-bond acceptors (Lipinski definition) is 8. The number of esters is 1. The highest BCUT2D eigenvalue weighted by Gasteiger charge is 2.33. The number of carbonyl (C=O) groups is 2. The average Bonchev–Trinajstić information content (AvgIpc) is 3.12. The average molecular weight is 416 g/mol. The van der Waals surface area contributed by atoms with E-state index in [2.05, 4.69) is 27.1 Å². The van der Waals surface area contributed by atoms with Crippen molar-refractivity contribution in [2.75, 3.05) is 31.3 Å². The minimum atomic E-state index is -0.765. The molecule has 1 aromatic heterocycles. The van der Waals surface area contributed by atoms with Crippen LogP contribution in [0.3, 0.4) is 0 Å². The van der Waals surface area contributed by atoms with E-state index in [-0.39, 0.29) is 31.1 Å². The maximum atomic E-state index is 12.5. The van der Waals surface area contributed by atoms with Crippen molar-refractivity contribution in [3.63, 3.8) is 0 Å². The van der Waals surface area contributed by atoms with Gasteiger partial charge in [0.1, 0.15) is 12.0 Å². The number of carbonyl (C=O) groups excluding carboxylic acids is 2. The van der Waals surface area contributed by atoms with Crippen molar-refractivity contribution in [2.45, 2.75) is 52.8 Å². The molecule has 3 rings (SSSR count). The fourth-order valence-electron chi connectivity index (χ4n) is 3.38. The van der Waals surface area contributed by atoms with Gasteiger partial charge in [-0.2, -0.15) is 4.99 Å². The monoisotopic (exact) mass is 416 g/mol. The number of hydrogen-bond donors (Lipinski definition) is 1. The van der Waals surface area contributed by atoms with E-state index in [0.717, 1.165) is 5.69 Å². The molecule has 0 aromatic carbocycles. The second-order valence-electron chi connectivity index (χ2n) is 7.02. The molecule has 0 saturated carbocycles. The van der Waals surface area contributed by atoms with Gasteiger partial charge in [-0.05, 0) is 27.2 Å². The molecule has 1 aromatic rings. The molecular weight excluding hydrogens is 388 g/mol. The fourth-order valence-corrected chi connectivity index (χ4v) is 3.38. The van der Waals surface area contributed by atoms with Crippen LogP contribution < -0.4 is 10.3 Å². The molecule has 2 aliphatic heterocycles. The van der Waals surface area contributed by atoms with E-state index in [1.54, 1.807) is 29.9 Å². The minimum absolute atomic E-state index is 0.0247. The summed E-state index contributed by atoms with van der Waals surface area (Å²) in [5.74, 6) is 5.88. The maximum absolute atomic E-state index is 12.5. The summed E-state index contributed by atoms with van der Waals surface area (Å²) in [5, 5.41) is 4.80. The van der Waals surface area contributed by atoms with Crippen molar-refractivity contribution in [3.05, 3.63) is 12.0 Å². The van der Waals surface area contributed by atoms with Crippen LogP contribution in [-0.4, -0.2) is 70.8 Å². The van der Waals surface area contributed by atoms with E-state index >= 15 is 0 Å². The summed E-state index contributed by atoms with van der Waals surface area (Å²) in [4.78, 5) is 35.4. The second kappa shape index (κ2) is 9.63. The first kappa shape index (κ1) is 21.6. The third kappa shape index (κ3) is 4.41. The van der Waals surface area contributed by atoms with Gasteiger partial charge in [-0.15, -0.1) is 5.92 Å². The molecule has 2 aliphatic rings. The Labute approximate surface area is 176 Å². The summed E-state index contributed by atoms with van der Waals surface area (Å²) in [6, 6.07) is 0.249. The third-order valence-corrected chi connectivity index (χ3v) is 4.87. The molecule has 2 unspecified atom stereocenters. The van der Waals surface area contributed by atoms with Crippen LogP contribution in [0.2, 0.25) is 0 Å². The number of rotatable bonds is 6. The highest BCUT2D eigenvalue weighted by atomic mass is 16.6. The molecule has 1 N–H and O–H groups in total. The Hall–Kier alpha value is -3.06. The fraction of sp³-hybridized carbons (Fsp3) is 0.600. The van der Waals surface area contributed by atoms with E-state index in [1.165, 1.54) is 0 Å². The van der Waals surface area contributed by atoms with Crippen molar-refractivity contribution in [1.82, 2.24) is 19.9 Å². The molecule has 0 radical (unpaired) electrons. The zero-order valence-corrected chi connectivity index (χ0v) is 17.8. The molecule has 10 nitrogen and oxygen atoms in total. The van der Waals surface area contributed by atoms with E-state index < -0.39 is 12.1 Å². The molecule has 1 saturated heterocycles. The molecule has 162 valence electrons. The quantitative estimate of drug-likeness (QED) is 0.533. The molecule has 2 atom stereocenters. The normalized spacial score (nSPS) is 19.4. The Balaban J connectivity index is 1.92. The number of fused-ring (bicyclic) bond motifs is 1. The number of amides is 1. The van der Waals surface area contributed by atoms with Crippen molar-refractivity contribution in [2.24, 2.45) is 4.99 Å². The molecule has 30 heavy (non-hydrogen) atoms. The van der Waals surface area contributed by atoms with Crippen molar-refractivity contribution in [3.8, 4) is 11.8 Å². The van der Waals surface area contributed by atoms with Crippen LogP contribution >= 0.6 is 0 Å². The zero-order valence-electron chi connectivity index (χ0n) is 17.8. The smallest absolute Gasteiger partial charge is 0.347 e. The Morgan fingerprint density at radius 3 is 2.90 bits per heavy atom. The van der Waals surface area contributed by atoms with E-state index in [1.807, 2.05) is 18.7 Å². The summed E-state index contributed by atoms with van der Waals surface area (Å²) in [6.45, 7) is 9.34. The van der Waals surface area contributed by atoms with Gasteiger partial charge in [-0.1, -0.05) is 12.8 Å². The van der Waals surface area contributed by atoms with Crippen molar-refractivity contribution >= 4 is 23.7 Å². The Kier molecular flexibility index (Phi) is 6.95. The molecule has 1 amide bonds. The molecule has 0 aliphatic carbocycles. The number of piperazine rings is 1. The standard InChI is InChI=1S/C20H28N6O4/c1-5-8-9-24-12-15-18(23-20(24)30-16(6-2)19(28)29-7-3)22-13-25(15)26-14(4)10-21-11-17(26)27/h13-14,16,21H,6-7,9-12H2,1-4H3. The van der Waals surface area contributed by atoms with Gasteiger partial charge in [0.2, 0.25) is 0 Å². The molecule has 1 fully saturated rings. The van der Waals surface area contributed by atoms with Gasteiger partial charge in [0, 0.05) is 6.54 Å². The van der Waals surface area contributed by atoms with Gasteiger partial charge in [0.15, 0.2) is 11.9 Å². The second-order valence-corrected chi connectivity index (χ2v) is 7.02. The highest BCUT2D eigenvalue weighted by Crippen LogP contribution is 2.27. The number of imidazole rings is 1. The lowest BCUT2D eigenvalue weighted by Crippen LogP contribution is -2.59. The Bertz CT molecular complexity index is 884. The van der Waals surface area contributed by atoms with Crippen molar-refractivity contribution in [1.29, 1.82) is 0 Å². The summed E-state index contributed by atoms with van der Waals surface area (Å²) in [6.07, 6.45) is 1.28. The van der Waals surface area contributed by atoms with Crippen LogP contribution in [0, 0.1) is 11.8 Å². The van der Waals surface area contributed by atoms with Crippen LogP contribution in [0.5, 0.6) is 0 Å². The first-order valence-corrected chi connectivity index (χ1v) is 10.2. The van der Waals surface area contributed by atoms with Gasteiger partial charge in [0.25, 0.3) is 11.9 Å². The van der Waals surface area contributed by atoms with Crippen LogP contribution in [0.15, 0.2) is 11.3 Å². The lowest BCUT2D eigenvalue weighted by molar-refractivity contribution is -0.152. The summed E-state index contributed by atoms with van der Waals surface area (Å²) in [5.41, 5.74) is 0.770. The predicted octanol–water partition coefficient (Wildman–Crippen LogP) is 0.524. The highest BCUT2D eigenvalue weighted by molar-refractivity contribution is 5.89. The molecule has 0 bridgehead atoms. The molecule has 10 heteroatoms. The Morgan fingerprint density at radius 1 is 1.43 bits per heavy atom. The molecule has 0 spiro atoms. The van der Waals surface area contributed by atoms with Gasteiger partial charge in [0.05, 0.1) is 32.3 Å². The molecular formula is C20H28N6O4. The van der Waals surface area contributed by atoms with Crippen LogP contribution in [0.25, 0.3) is 0 Å². The summed E-state index contributed by atoms with van der Waals surface area (Å²) in [7, 11) is 0. The number of nitrogens with one attached hydrogen (secondary N) is 1. The van der Waals surface area contributed by atoms with E-state index in [9.17, 15) is 9.59 Å². The summed E-state index contributed by atoms with van der Waals surface area (Å²) >= 11 is 0. The predicted molar refractivity (Wildman–Crippen MR) is 111 cm³/mol. The Morgan fingerprint density at radius 2 is 2.23 bits per heavy atom. The van der Waals surface area contributed by atoms with Gasteiger partial charge >= 0.3 is 5.97 Å². The van der Waals surface area contributed by atoms with Gasteiger partial charge in [-0.3, -0.25) is 4.79 Å². The zero-order chi connectivity index (χ0) is 21.7. The number of aliphatic imine (C=N–C) groups is 1. The minimum Gasteiger partial charge on any atom is -0.463 e. The number of ether oxygens (including phenoxy) is 2. The number of nitrogens with zero attached hydrogens (tertiary/aromatic N) is 5. The topological polar surface area (TPSA) is 101 Å². The van der Waals surface area contributed by atoms with Gasteiger partial charge < -0.3 is 19.7 Å². The lowest BCUT2D eigenvalue weighted by atomic mass is 10.2. The lowest BCUT2D eigenvalue weighted by Gasteiger charge is -2.36. The molecule has 3 heterocycles. The first-order valence-electron chi connectivity index (χ1n) is 10.2. The SMILES string of the molecule is CC#CCN1Cc2c(ncn2N2C(=O)CNCC2C)N=C1OC(CC)C(=O)OCC. The van der Waals surface area contributed by atoms with Crippen molar-refractivity contribution < 1.29 is 19.1 Å². The van der Waals surface area contributed by atoms with Crippen LogP contribution in [0.4, 0.5) is 5.82 Å². The van der Waals surface area contributed by atoms with Crippen LogP contribution in [-0.2, 0) is 25.6 Å². The third-order valence-electron chi connectivity index (χ3n) is 4.87. The van der Waals surface area contributed by atoms with Crippen LogP contribution in [0.1, 0.15) is 39.8 Å². The van der Waals surface area contributed by atoms with Gasteiger partial charge in [-0.25, -0.2) is 19.5 Å².